The molecule has 1 aromatic rings. The van der Waals surface area contributed by atoms with E-state index in [9.17, 15) is 13.2 Å². The first kappa shape index (κ1) is 15.6. The van der Waals surface area contributed by atoms with Crippen molar-refractivity contribution in [1.29, 1.82) is 0 Å². The second-order valence-corrected chi connectivity index (χ2v) is 5.49. The second-order valence-electron chi connectivity index (χ2n) is 4.93. The summed E-state index contributed by atoms with van der Waals surface area (Å²) >= 11 is 3.20. The van der Waals surface area contributed by atoms with Gasteiger partial charge in [-0.3, -0.25) is 0 Å². The molecule has 0 radical (unpaired) electrons. The highest BCUT2D eigenvalue weighted by Gasteiger charge is 2.36. The molecule has 1 unspecified atom stereocenters. The molecule has 2 nitrogen and oxygen atoms in total. The minimum absolute atomic E-state index is 0.000635. The lowest BCUT2D eigenvalue weighted by molar-refractivity contribution is -0.137. The van der Waals surface area contributed by atoms with Gasteiger partial charge in [0.2, 0.25) is 0 Å². The van der Waals surface area contributed by atoms with E-state index >= 15 is 0 Å². The summed E-state index contributed by atoms with van der Waals surface area (Å²) in [5.41, 5.74) is 0.316. The van der Waals surface area contributed by atoms with E-state index in [0.29, 0.717) is 24.0 Å². The van der Waals surface area contributed by atoms with Gasteiger partial charge in [0.05, 0.1) is 11.7 Å². The van der Waals surface area contributed by atoms with Crippen LogP contribution in [0.1, 0.15) is 24.0 Å². The Morgan fingerprint density at radius 3 is 2.75 bits per heavy atom. The number of nitrogens with zero attached hydrogens (tertiary/aromatic N) is 1. The first-order chi connectivity index (χ1) is 9.45. The Bertz CT molecular complexity index is 464. The molecular weight excluding hydrogens is 335 g/mol. The monoisotopic (exact) mass is 351 g/mol. The predicted molar refractivity (Wildman–Crippen MR) is 76.3 cm³/mol. The highest BCUT2D eigenvalue weighted by Crippen LogP contribution is 2.38. The lowest BCUT2D eigenvalue weighted by Gasteiger charge is -2.35. The van der Waals surface area contributed by atoms with Crippen molar-refractivity contribution in [3.05, 3.63) is 29.3 Å². The van der Waals surface area contributed by atoms with Gasteiger partial charge in [0, 0.05) is 31.2 Å². The molecule has 1 heterocycles. The van der Waals surface area contributed by atoms with E-state index in [2.05, 4.69) is 15.9 Å². The van der Waals surface area contributed by atoms with E-state index in [4.69, 9.17) is 4.74 Å². The average Bonchev–Trinajstić information content (AvgIpc) is 2.45. The topological polar surface area (TPSA) is 12.5 Å². The van der Waals surface area contributed by atoms with Crippen LogP contribution in [0.25, 0.3) is 0 Å². The van der Waals surface area contributed by atoms with Crippen LogP contribution in [0.5, 0.6) is 0 Å². The van der Waals surface area contributed by atoms with Gasteiger partial charge in [-0.1, -0.05) is 22.0 Å². The number of rotatable bonds is 3. The van der Waals surface area contributed by atoms with Gasteiger partial charge in [-0.05, 0) is 30.5 Å². The molecule has 6 heteroatoms. The number of hydrogen-bond donors (Lipinski definition) is 0. The first-order valence-electron chi connectivity index (χ1n) is 6.49. The highest BCUT2D eigenvalue weighted by atomic mass is 79.9. The molecule has 112 valence electrons. The predicted octanol–water partition coefficient (Wildman–Crippen LogP) is 4.22. The first-order valence-corrected chi connectivity index (χ1v) is 7.61. The van der Waals surface area contributed by atoms with Crippen molar-refractivity contribution >= 4 is 21.6 Å². The number of alkyl halides is 4. The molecule has 1 fully saturated rings. The second kappa shape index (κ2) is 6.35. The third-order valence-corrected chi connectivity index (χ3v) is 4.22. The van der Waals surface area contributed by atoms with E-state index in [1.165, 1.54) is 6.07 Å². The molecule has 1 aliphatic rings. The highest BCUT2D eigenvalue weighted by molar-refractivity contribution is 9.08. The van der Waals surface area contributed by atoms with Crippen molar-refractivity contribution < 1.29 is 17.9 Å². The molecule has 1 atom stereocenters. The normalized spacial score (nSPS) is 20.2. The fourth-order valence-electron chi connectivity index (χ4n) is 2.52. The van der Waals surface area contributed by atoms with Crippen LogP contribution in [-0.4, -0.2) is 26.3 Å². The Kier molecular flexibility index (Phi) is 4.96. The van der Waals surface area contributed by atoms with E-state index in [0.717, 1.165) is 12.8 Å². The Morgan fingerprint density at radius 1 is 1.40 bits per heavy atom. The van der Waals surface area contributed by atoms with E-state index < -0.39 is 11.7 Å². The summed E-state index contributed by atoms with van der Waals surface area (Å²) in [5.74, 6) is 0. The molecule has 20 heavy (non-hydrogen) atoms. The fraction of sp³-hybridized carbons (Fsp3) is 0.571. The molecule has 2 rings (SSSR count). The minimum Gasteiger partial charge on any atom is -0.380 e. The van der Waals surface area contributed by atoms with Crippen LogP contribution in [0.2, 0.25) is 0 Å². The molecule has 1 saturated heterocycles. The Hall–Kier alpha value is -0.750. The van der Waals surface area contributed by atoms with Gasteiger partial charge < -0.3 is 9.64 Å². The van der Waals surface area contributed by atoms with Crippen LogP contribution in [0, 0.1) is 0 Å². The number of ether oxygens (including phenoxy) is 1. The van der Waals surface area contributed by atoms with E-state index in [-0.39, 0.29) is 11.8 Å². The van der Waals surface area contributed by atoms with Crippen LogP contribution < -0.4 is 4.90 Å². The van der Waals surface area contributed by atoms with Crippen LogP contribution in [-0.2, 0) is 16.2 Å². The van der Waals surface area contributed by atoms with Gasteiger partial charge >= 0.3 is 6.18 Å². The maximum atomic E-state index is 13.2. The average molecular weight is 352 g/mol. The zero-order valence-electron chi connectivity index (χ0n) is 11.2. The summed E-state index contributed by atoms with van der Waals surface area (Å²) < 4.78 is 45.0. The largest absolute Gasteiger partial charge is 0.418 e. The molecule has 1 aromatic carbocycles. The molecule has 0 saturated carbocycles. The summed E-state index contributed by atoms with van der Waals surface area (Å²) in [6.07, 6.45) is -2.60. The van der Waals surface area contributed by atoms with Gasteiger partial charge in [0.1, 0.15) is 0 Å². The molecule has 0 N–H and O–H groups in total. The molecule has 0 spiro atoms. The minimum atomic E-state index is -4.34. The Morgan fingerprint density at radius 2 is 2.15 bits per heavy atom. The number of piperidine rings is 1. The quantitative estimate of drug-likeness (QED) is 0.756. The van der Waals surface area contributed by atoms with Crippen molar-refractivity contribution in [3.63, 3.8) is 0 Å². The molecule has 0 bridgehead atoms. The van der Waals surface area contributed by atoms with Gasteiger partial charge in [-0.2, -0.15) is 13.2 Å². The zero-order chi connectivity index (χ0) is 14.8. The van der Waals surface area contributed by atoms with Crippen LogP contribution >= 0.6 is 15.9 Å². The van der Waals surface area contributed by atoms with Crippen molar-refractivity contribution in [1.82, 2.24) is 0 Å². The third-order valence-electron chi connectivity index (χ3n) is 3.57. The number of anilines is 1. The SMILES string of the molecule is COC1CCCN(c2ccc(CBr)cc2C(F)(F)F)C1. The summed E-state index contributed by atoms with van der Waals surface area (Å²) in [5, 5.41) is 0.414. The smallest absolute Gasteiger partial charge is 0.380 e. The zero-order valence-corrected chi connectivity index (χ0v) is 12.8. The molecule has 1 aliphatic heterocycles. The lowest BCUT2D eigenvalue weighted by atomic mass is 10.0. The maximum absolute atomic E-state index is 13.2. The molecular formula is C14H17BrF3NO. The van der Waals surface area contributed by atoms with Crippen molar-refractivity contribution in [2.45, 2.75) is 30.5 Å². The summed E-state index contributed by atoms with van der Waals surface area (Å²) in [6, 6.07) is 4.52. The molecule has 0 aliphatic carbocycles. The van der Waals surface area contributed by atoms with Crippen molar-refractivity contribution in [2.75, 3.05) is 25.1 Å². The summed E-state index contributed by atoms with van der Waals surface area (Å²) in [6.45, 7) is 1.14. The fourth-order valence-corrected chi connectivity index (χ4v) is 2.87. The number of halogens is 4. The van der Waals surface area contributed by atoms with Crippen molar-refractivity contribution in [2.24, 2.45) is 0 Å². The molecule has 0 aromatic heterocycles. The Labute approximate surface area is 125 Å². The van der Waals surface area contributed by atoms with Gasteiger partial charge in [0.15, 0.2) is 0 Å². The number of benzene rings is 1. The summed E-state index contributed by atoms with van der Waals surface area (Å²) in [7, 11) is 1.60. The molecule has 0 amide bonds. The lowest BCUT2D eigenvalue weighted by Crippen LogP contribution is -2.40. The summed E-state index contributed by atoms with van der Waals surface area (Å²) in [4.78, 5) is 1.78. The number of methoxy groups -OCH3 is 1. The van der Waals surface area contributed by atoms with Crippen LogP contribution in [0.3, 0.4) is 0 Å². The third kappa shape index (κ3) is 3.47. The Balaban J connectivity index is 2.35. The van der Waals surface area contributed by atoms with Gasteiger partial charge in [-0.25, -0.2) is 0 Å². The van der Waals surface area contributed by atoms with Crippen LogP contribution in [0.4, 0.5) is 18.9 Å². The van der Waals surface area contributed by atoms with Crippen molar-refractivity contribution in [3.8, 4) is 0 Å². The van der Waals surface area contributed by atoms with E-state index in [1.54, 1.807) is 24.1 Å². The standard InChI is InChI=1S/C14H17BrF3NO/c1-20-11-3-2-6-19(9-11)13-5-4-10(8-15)7-12(13)14(16,17)18/h4-5,7,11H,2-3,6,8-9H2,1H3. The van der Waals surface area contributed by atoms with Gasteiger partial charge in [0.25, 0.3) is 0 Å². The van der Waals surface area contributed by atoms with Gasteiger partial charge in [-0.15, -0.1) is 0 Å². The van der Waals surface area contributed by atoms with E-state index in [1.807, 2.05) is 0 Å². The van der Waals surface area contributed by atoms with Crippen LogP contribution in [0.15, 0.2) is 18.2 Å². The number of hydrogen-bond acceptors (Lipinski definition) is 2. The maximum Gasteiger partial charge on any atom is 0.418 e.